The minimum absolute atomic E-state index is 0.106. The first-order valence-electron chi connectivity index (χ1n) is 6.97. The van der Waals surface area contributed by atoms with Crippen molar-refractivity contribution in [2.24, 2.45) is 0 Å². The number of hydrogen-bond donors (Lipinski definition) is 1. The average molecular weight is 269 g/mol. The number of hydrogen-bond acceptors (Lipinski definition) is 3. The van der Waals surface area contributed by atoms with Crippen LogP contribution in [0.5, 0.6) is 0 Å². The summed E-state index contributed by atoms with van der Waals surface area (Å²) < 4.78 is 5.43. The van der Waals surface area contributed by atoms with Gasteiger partial charge < -0.3 is 9.84 Å². The zero-order chi connectivity index (χ0) is 13.8. The third kappa shape index (κ3) is 2.90. The molecule has 0 spiro atoms. The second-order valence-corrected chi connectivity index (χ2v) is 5.07. The van der Waals surface area contributed by atoms with Gasteiger partial charge in [0, 0.05) is 13.1 Å². The van der Waals surface area contributed by atoms with Crippen LogP contribution < -0.4 is 0 Å². The molecule has 0 radical (unpaired) electrons. The van der Waals surface area contributed by atoms with E-state index in [1.807, 2.05) is 48.5 Å². The molecule has 1 aliphatic heterocycles. The summed E-state index contributed by atoms with van der Waals surface area (Å²) in [6.45, 7) is 2.21. The molecule has 0 amide bonds. The monoisotopic (exact) mass is 269 g/mol. The second kappa shape index (κ2) is 6.18. The van der Waals surface area contributed by atoms with Crippen LogP contribution in [0.2, 0.25) is 0 Å². The lowest BCUT2D eigenvalue weighted by molar-refractivity contribution is -0.184. The Morgan fingerprint density at radius 1 is 1.00 bits per heavy atom. The summed E-state index contributed by atoms with van der Waals surface area (Å²) in [7, 11) is 0. The van der Waals surface area contributed by atoms with Crippen LogP contribution in [0.3, 0.4) is 0 Å². The summed E-state index contributed by atoms with van der Waals surface area (Å²) >= 11 is 0. The fourth-order valence-electron chi connectivity index (χ4n) is 2.72. The van der Waals surface area contributed by atoms with Crippen LogP contribution in [0, 0.1) is 0 Å². The van der Waals surface area contributed by atoms with Gasteiger partial charge in [0.25, 0.3) is 0 Å². The molecule has 2 aromatic rings. The molecule has 1 aliphatic rings. The highest BCUT2D eigenvalue weighted by Crippen LogP contribution is 2.29. The van der Waals surface area contributed by atoms with Crippen LogP contribution in [-0.4, -0.2) is 29.4 Å². The van der Waals surface area contributed by atoms with Crippen molar-refractivity contribution in [3.63, 3.8) is 0 Å². The Balaban J connectivity index is 1.83. The number of rotatable bonds is 3. The van der Waals surface area contributed by atoms with Crippen molar-refractivity contribution in [3.8, 4) is 0 Å². The summed E-state index contributed by atoms with van der Waals surface area (Å²) in [5.74, 6) is 0. The van der Waals surface area contributed by atoms with Gasteiger partial charge in [0.2, 0.25) is 0 Å². The van der Waals surface area contributed by atoms with Crippen LogP contribution in [0.1, 0.15) is 17.2 Å². The summed E-state index contributed by atoms with van der Waals surface area (Å²) in [6.07, 6.45) is -0.769. The molecule has 3 heteroatoms. The number of ether oxygens (including phenoxy) is 1. The maximum Gasteiger partial charge on any atom is 0.174 e. The van der Waals surface area contributed by atoms with Gasteiger partial charge in [-0.25, -0.2) is 0 Å². The lowest BCUT2D eigenvalue weighted by Gasteiger charge is -2.39. The van der Waals surface area contributed by atoms with Gasteiger partial charge in [-0.3, -0.25) is 4.90 Å². The largest absolute Gasteiger partial charge is 0.366 e. The third-order valence-electron chi connectivity index (χ3n) is 3.70. The number of aliphatic hydroxyl groups excluding tert-OH is 1. The minimum Gasteiger partial charge on any atom is -0.366 e. The van der Waals surface area contributed by atoms with Crippen molar-refractivity contribution in [2.75, 3.05) is 13.2 Å². The van der Waals surface area contributed by atoms with Gasteiger partial charge in [0.15, 0.2) is 6.29 Å². The van der Waals surface area contributed by atoms with Crippen LogP contribution in [0.25, 0.3) is 0 Å². The molecule has 20 heavy (non-hydrogen) atoms. The molecule has 3 rings (SSSR count). The van der Waals surface area contributed by atoms with E-state index in [1.165, 1.54) is 5.56 Å². The maximum atomic E-state index is 10.2. The molecule has 0 aliphatic carbocycles. The van der Waals surface area contributed by atoms with Gasteiger partial charge in [-0.15, -0.1) is 0 Å². The average Bonchev–Trinajstić information content (AvgIpc) is 2.49. The topological polar surface area (TPSA) is 32.7 Å². The van der Waals surface area contributed by atoms with Crippen LogP contribution in [-0.2, 0) is 11.3 Å². The Hall–Kier alpha value is -1.68. The molecule has 3 nitrogen and oxygen atoms in total. The minimum atomic E-state index is -0.769. The predicted molar refractivity (Wildman–Crippen MR) is 78.0 cm³/mol. The Kier molecular flexibility index (Phi) is 4.11. The van der Waals surface area contributed by atoms with Crippen molar-refractivity contribution in [3.05, 3.63) is 71.8 Å². The Morgan fingerprint density at radius 2 is 1.65 bits per heavy atom. The maximum absolute atomic E-state index is 10.2. The quantitative estimate of drug-likeness (QED) is 0.929. The van der Waals surface area contributed by atoms with Gasteiger partial charge in [-0.2, -0.15) is 0 Å². The van der Waals surface area contributed by atoms with E-state index >= 15 is 0 Å². The molecule has 0 saturated carbocycles. The molecule has 2 atom stereocenters. The zero-order valence-electron chi connectivity index (χ0n) is 11.4. The fourth-order valence-corrected chi connectivity index (χ4v) is 2.72. The molecule has 2 aromatic carbocycles. The standard InChI is InChI=1S/C17H19NO2/c19-17-16(15-9-5-2-6-10-15)18(11-12-20-17)13-14-7-3-1-4-8-14/h1-10,16-17,19H,11-13H2/t16-,17-/m1/s1. The lowest BCUT2D eigenvalue weighted by atomic mass is 10.0. The van der Waals surface area contributed by atoms with Gasteiger partial charge in [0.05, 0.1) is 12.6 Å². The Bertz CT molecular complexity index is 529. The molecule has 0 bridgehead atoms. The molecule has 1 fully saturated rings. The van der Waals surface area contributed by atoms with E-state index in [1.54, 1.807) is 0 Å². The van der Waals surface area contributed by atoms with E-state index in [-0.39, 0.29) is 6.04 Å². The predicted octanol–water partition coefficient (Wildman–Crippen LogP) is 2.58. The second-order valence-electron chi connectivity index (χ2n) is 5.07. The van der Waals surface area contributed by atoms with Crippen LogP contribution >= 0.6 is 0 Å². The number of morpholine rings is 1. The van der Waals surface area contributed by atoms with E-state index in [9.17, 15) is 5.11 Å². The summed E-state index contributed by atoms with van der Waals surface area (Å²) in [6, 6.07) is 20.3. The summed E-state index contributed by atoms with van der Waals surface area (Å²) in [4.78, 5) is 2.28. The van der Waals surface area contributed by atoms with Gasteiger partial charge in [-0.1, -0.05) is 60.7 Å². The smallest absolute Gasteiger partial charge is 0.174 e. The lowest BCUT2D eigenvalue weighted by Crippen LogP contribution is -2.44. The van der Waals surface area contributed by atoms with Gasteiger partial charge in [0.1, 0.15) is 0 Å². The van der Waals surface area contributed by atoms with Crippen LogP contribution in [0.15, 0.2) is 60.7 Å². The van der Waals surface area contributed by atoms with E-state index in [0.717, 1.165) is 18.7 Å². The molecular weight excluding hydrogens is 250 g/mol. The van der Waals surface area contributed by atoms with E-state index in [2.05, 4.69) is 17.0 Å². The fraction of sp³-hybridized carbons (Fsp3) is 0.294. The van der Waals surface area contributed by atoms with Crippen LogP contribution in [0.4, 0.5) is 0 Å². The summed E-state index contributed by atoms with van der Waals surface area (Å²) in [5.41, 5.74) is 2.35. The van der Waals surface area contributed by atoms with Crippen molar-refractivity contribution >= 4 is 0 Å². The molecule has 0 unspecified atom stereocenters. The summed E-state index contributed by atoms with van der Waals surface area (Å²) in [5, 5.41) is 10.2. The van der Waals surface area contributed by atoms with Gasteiger partial charge in [-0.05, 0) is 11.1 Å². The van der Waals surface area contributed by atoms with Gasteiger partial charge >= 0.3 is 0 Å². The van der Waals surface area contributed by atoms with E-state index < -0.39 is 6.29 Å². The molecule has 0 aromatic heterocycles. The molecule has 1 saturated heterocycles. The number of aliphatic hydroxyl groups is 1. The zero-order valence-corrected chi connectivity index (χ0v) is 11.4. The normalized spacial score (nSPS) is 23.6. The van der Waals surface area contributed by atoms with E-state index in [4.69, 9.17) is 4.74 Å². The third-order valence-corrected chi connectivity index (χ3v) is 3.70. The highest BCUT2D eigenvalue weighted by atomic mass is 16.6. The molecule has 1 N–H and O–H groups in total. The molecular formula is C17H19NO2. The van der Waals surface area contributed by atoms with Crippen molar-refractivity contribution in [2.45, 2.75) is 18.9 Å². The van der Waals surface area contributed by atoms with Crippen molar-refractivity contribution in [1.29, 1.82) is 0 Å². The molecule has 1 heterocycles. The number of benzene rings is 2. The Labute approximate surface area is 119 Å². The van der Waals surface area contributed by atoms with Crippen molar-refractivity contribution < 1.29 is 9.84 Å². The SMILES string of the molecule is O[C@@H]1OCCN(Cc2ccccc2)[C@@H]1c1ccccc1. The number of nitrogens with zero attached hydrogens (tertiary/aromatic N) is 1. The Morgan fingerprint density at radius 3 is 2.35 bits per heavy atom. The first kappa shape index (κ1) is 13.3. The highest BCUT2D eigenvalue weighted by Gasteiger charge is 2.32. The van der Waals surface area contributed by atoms with E-state index in [0.29, 0.717) is 6.61 Å². The highest BCUT2D eigenvalue weighted by molar-refractivity contribution is 5.21. The molecule has 104 valence electrons. The first-order valence-corrected chi connectivity index (χ1v) is 6.97. The van der Waals surface area contributed by atoms with Crippen molar-refractivity contribution in [1.82, 2.24) is 4.90 Å². The first-order chi connectivity index (χ1) is 9.84.